The van der Waals surface area contributed by atoms with Gasteiger partial charge >= 0.3 is 0 Å². The lowest BCUT2D eigenvalue weighted by Crippen LogP contribution is -2.23. The van der Waals surface area contributed by atoms with Crippen LogP contribution in [-0.2, 0) is 4.79 Å². The van der Waals surface area contributed by atoms with E-state index in [1.165, 1.54) is 0 Å². The van der Waals surface area contributed by atoms with Gasteiger partial charge in [0.1, 0.15) is 11.5 Å². The number of hydrogen-bond acceptors (Lipinski definition) is 3. The number of halogens is 2. The van der Waals surface area contributed by atoms with Crippen molar-refractivity contribution in [2.24, 2.45) is 11.7 Å². The lowest BCUT2D eigenvalue weighted by Gasteiger charge is -2.12. The summed E-state index contributed by atoms with van der Waals surface area (Å²) in [5.41, 5.74) is 6.61. The summed E-state index contributed by atoms with van der Waals surface area (Å²) < 4.78 is 5.72. The lowest BCUT2D eigenvalue weighted by atomic mass is 10.1. The van der Waals surface area contributed by atoms with Crippen molar-refractivity contribution in [1.82, 2.24) is 0 Å². The summed E-state index contributed by atoms with van der Waals surface area (Å²) in [6.07, 6.45) is 2.54. The first-order valence-electron chi connectivity index (χ1n) is 7.71. The number of benzene rings is 2. The molecule has 3 N–H and O–H groups in total. The van der Waals surface area contributed by atoms with Gasteiger partial charge in [-0.2, -0.15) is 0 Å². The zero-order valence-corrected chi connectivity index (χ0v) is 14.6. The molecule has 128 valence electrons. The molecule has 2 unspecified atom stereocenters. The first-order chi connectivity index (χ1) is 11.1. The minimum atomic E-state index is 0. The van der Waals surface area contributed by atoms with Crippen LogP contribution in [0.25, 0.3) is 0 Å². The van der Waals surface area contributed by atoms with Crippen molar-refractivity contribution in [3.05, 3.63) is 53.6 Å². The summed E-state index contributed by atoms with van der Waals surface area (Å²) >= 11 is 6.07. The van der Waals surface area contributed by atoms with E-state index in [0.29, 0.717) is 16.5 Å². The Kier molecular flexibility index (Phi) is 6.49. The Labute approximate surface area is 152 Å². The molecule has 24 heavy (non-hydrogen) atoms. The van der Waals surface area contributed by atoms with Crippen LogP contribution in [0.3, 0.4) is 0 Å². The van der Waals surface area contributed by atoms with Crippen LogP contribution in [0, 0.1) is 5.92 Å². The summed E-state index contributed by atoms with van der Waals surface area (Å²) in [5, 5.41) is 3.49. The number of carbonyl (C=O) groups excluding carboxylic acids is 1. The first-order valence-corrected chi connectivity index (χ1v) is 8.08. The Morgan fingerprint density at radius 2 is 1.83 bits per heavy atom. The van der Waals surface area contributed by atoms with Gasteiger partial charge in [-0.1, -0.05) is 23.7 Å². The molecule has 2 aromatic carbocycles. The predicted octanol–water partition coefficient (Wildman–Crippen LogP) is 4.62. The van der Waals surface area contributed by atoms with E-state index in [-0.39, 0.29) is 30.3 Å². The number of hydrogen-bond donors (Lipinski definition) is 2. The Hall–Kier alpha value is -1.75. The topological polar surface area (TPSA) is 64.4 Å². The average Bonchev–Trinajstić information content (AvgIpc) is 2.98. The third kappa shape index (κ3) is 4.63. The molecule has 0 saturated heterocycles. The first kappa shape index (κ1) is 18.6. The van der Waals surface area contributed by atoms with E-state index >= 15 is 0 Å². The molecule has 0 spiro atoms. The van der Waals surface area contributed by atoms with E-state index in [4.69, 9.17) is 22.1 Å². The standard InChI is InChI=1S/C18H19ClN2O2.ClH/c19-16-3-1-2-4-17(16)23-15-9-7-14(8-10-15)21-18(22)12-5-6-13(20)11-12;/h1-4,7-10,12-13H,5-6,11,20H2,(H,21,22);1H. The van der Waals surface area contributed by atoms with E-state index in [0.717, 1.165) is 24.9 Å². The Morgan fingerprint density at radius 1 is 1.12 bits per heavy atom. The van der Waals surface area contributed by atoms with E-state index in [1.54, 1.807) is 24.3 Å². The van der Waals surface area contributed by atoms with Crippen molar-refractivity contribution in [3.8, 4) is 11.5 Å². The van der Waals surface area contributed by atoms with E-state index < -0.39 is 0 Å². The number of carbonyl (C=O) groups is 1. The van der Waals surface area contributed by atoms with Crippen LogP contribution in [0.1, 0.15) is 19.3 Å². The summed E-state index contributed by atoms with van der Waals surface area (Å²) in [6.45, 7) is 0. The molecule has 0 bridgehead atoms. The third-order valence-corrected chi connectivity index (χ3v) is 4.34. The molecule has 1 fully saturated rings. The fourth-order valence-electron chi connectivity index (χ4n) is 2.76. The molecule has 1 aliphatic carbocycles. The van der Waals surface area contributed by atoms with Gasteiger partial charge in [0, 0.05) is 17.6 Å². The Morgan fingerprint density at radius 3 is 2.46 bits per heavy atom. The third-order valence-electron chi connectivity index (χ3n) is 4.03. The highest BCUT2D eigenvalue weighted by molar-refractivity contribution is 6.32. The SMILES string of the molecule is Cl.NC1CCC(C(=O)Nc2ccc(Oc3ccccc3Cl)cc2)C1. The monoisotopic (exact) mass is 366 g/mol. The average molecular weight is 367 g/mol. The predicted molar refractivity (Wildman–Crippen MR) is 99.2 cm³/mol. The van der Waals surface area contributed by atoms with Gasteiger partial charge in [-0.3, -0.25) is 4.79 Å². The molecule has 0 radical (unpaired) electrons. The molecule has 0 heterocycles. The van der Waals surface area contributed by atoms with E-state index in [1.807, 2.05) is 24.3 Å². The number of rotatable bonds is 4. The number of amides is 1. The molecule has 3 rings (SSSR count). The molecular formula is C18H20Cl2N2O2. The molecule has 2 aromatic rings. The highest BCUT2D eigenvalue weighted by Gasteiger charge is 2.27. The number of nitrogens with one attached hydrogen (secondary N) is 1. The summed E-state index contributed by atoms with van der Waals surface area (Å²) in [5.74, 6) is 1.33. The molecular weight excluding hydrogens is 347 g/mol. The van der Waals surface area contributed by atoms with Crippen molar-refractivity contribution in [2.45, 2.75) is 25.3 Å². The molecule has 2 atom stereocenters. The van der Waals surface area contributed by atoms with Crippen LogP contribution in [0.5, 0.6) is 11.5 Å². The second-order valence-electron chi connectivity index (χ2n) is 5.82. The van der Waals surface area contributed by atoms with Crippen molar-refractivity contribution >= 4 is 35.6 Å². The molecule has 1 aliphatic rings. The summed E-state index contributed by atoms with van der Waals surface area (Å²) in [7, 11) is 0. The second-order valence-corrected chi connectivity index (χ2v) is 6.22. The van der Waals surface area contributed by atoms with E-state index in [9.17, 15) is 4.79 Å². The minimum Gasteiger partial charge on any atom is -0.456 e. The number of ether oxygens (including phenoxy) is 1. The molecule has 6 heteroatoms. The van der Waals surface area contributed by atoms with Crippen molar-refractivity contribution in [3.63, 3.8) is 0 Å². The number of para-hydroxylation sites is 1. The van der Waals surface area contributed by atoms with E-state index in [2.05, 4.69) is 5.32 Å². The van der Waals surface area contributed by atoms with Gasteiger partial charge in [0.15, 0.2) is 0 Å². The maximum absolute atomic E-state index is 12.2. The quantitative estimate of drug-likeness (QED) is 0.829. The smallest absolute Gasteiger partial charge is 0.227 e. The van der Waals surface area contributed by atoms with Gasteiger partial charge < -0.3 is 15.8 Å². The maximum atomic E-state index is 12.2. The van der Waals surface area contributed by atoms with Crippen LogP contribution < -0.4 is 15.8 Å². The summed E-state index contributed by atoms with van der Waals surface area (Å²) in [4.78, 5) is 12.2. The van der Waals surface area contributed by atoms with Crippen LogP contribution in [0.2, 0.25) is 5.02 Å². The molecule has 1 amide bonds. The highest BCUT2D eigenvalue weighted by Crippen LogP contribution is 2.30. The largest absolute Gasteiger partial charge is 0.456 e. The number of nitrogens with two attached hydrogens (primary N) is 1. The van der Waals surface area contributed by atoms with Crippen LogP contribution in [-0.4, -0.2) is 11.9 Å². The van der Waals surface area contributed by atoms with Gasteiger partial charge in [-0.15, -0.1) is 12.4 Å². The minimum absolute atomic E-state index is 0. The van der Waals surface area contributed by atoms with Gasteiger partial charge in [0.2, 0.25) is 5.91 Å². The van der Waals surface area contributed by atoms with Gasteiger partial charge in [0.05, 0.1) is 5.02 Å². The van der Waals surface area contributed by atoms with Crippen LogP contribution >= 0.6 is 24.0 Å². The Balaban J connectivity index is 0.00000208. The maximum Gasteiger partial charge on any atom is 0.227 e. The molecule has 0 aromatic heterocycles. The zero-order valence-electron chi connectivity index (χ0n) is 13.1. The van der Waals surface area contributed by atoms with Crippen molar-refractivity contribution in [2.75, 3.05) is 5.32 Å². The van der Waals surface area contributed by atoms with Gasteiger partial charge in [0.25, 0.3) is 0 Å². The van der Waals surface area contributed by atoms with Crippen molar-refractivity contribution in [1.29, 1.82) is 0 Å². The second kappa shape index (κ2) is 8.38. The number of anilines is 1. The molecule has 4 nitrogen and oxygen atoms in total. The highest BCUT2D eigenvalue weighted by atomic mass is 35.5. The van der Waals surface area contributed by atoms with Crippen LogP contribution in [0.15, 0.2) is 48.5 Å². The van der Waals surface area contributed by atoms with Crippen molar-refractivity contribution < 1.29 is 9.53 Å². The molecule has 1 saturated carbocycles. The van der Waals surface area contributed by atoms with Crippen LogP contribution in [0.4, 0.5) is 5.69 Å². The summed E-state index contributed by atoms with van der Waals surface area (Å²) in [6, 6.07) is 14.7. The zero-order chi connectivity index (χ0) is 16.2. The fraction of sp³-hybridized carbons (Fsp3) is 0.278. The normalized spacial score (nSPS) is 19.4. The lowest BCUT2D eigenvalue weighted by molar-refractivity contribution is -0.119. The Bertz CT molecular complexity index is 692. The molecule has 0 aliphatic heterocycles. The van der Waals surface area contributed by atoms with Gasteiger partial charge in [-0.05, 0) is 55.7 Å². The fourth-order valence-corrected chi connectivity index (χ4v) is 2.93. The van der Waals surface area contributed by atoms with Gasteiger partial charge in [-0.25, -0.2) is 0 Å².